The second kappa shape index (κ2) is 5.90. The second-order valence-corrected chi connectivity index (χ2v) is 4.62. The van der Waals surface area contributed by atoms with Gasteiger partial charge in [0, 0.05) is 11.9 Å². The molecule has 0 aromatic carbocycles. The van der Waals surface area contributed by atoms with Crippen LogP contribution in [0.4, 0.5) is 0 Å². The van der Waals surface area contributed by atoms with Crippen LogP contribution in [-0.4, -0.2) is 22.7 Å². The van der Waals surface area contributed by atoms with E-state index in [-0.39, 0.29) is 0 Å². The van der Waals surface area contributed by atoms with Crippen LogP contribution in [0.25, 0.3) is 0 Å². The van der Waals surface area contributed by atoms with E-state index < -0.39 is 0 Å². The Labute approximate surface area is 73.6 Å². The summed E-state index contributed by atoms with van der Waals surface area (Å²) in [7, 11) is 0. The van der Waals surface area contributed by atoms with Gasteiger partial charge >= 0.3 is 0 Å². The first-order chi connectivity index (χ1) is 5.43. The van der Waals surface area contributed by atoms with Crippen LogP contribution in [0, 0.1) is 0 Å². The highest BCUT2D eigenvalue weighted by atomic mass is 32.2. The molecule has 0 aromatic rings. The van der Waals surface area contributed by atoms with Crippen molar-refractivity contribution in [1.29, 1.82) is 0 Å². The first kappa shape index (κ1) is 9.40. The molecule has 0 unspecified atom stereocenters. The highest BCUT2D eigenvalue weighted by molar-refractivity contribution is 7.99. The molecule has 11 heavy (non-hydrogen) atoms. The quantitative estimate of drug-likeness (QED) is 0.661. The molecule has 1 saturated carbocycles. The number of thioether (sulfide) groups is 1. The van der Waals surface area contributed by atoms with Gasteiger partial charge in [-0.2, -0.15) is 11.8 Å². The van der Waals surface area contributed by atoms with E-state index in [1.54, 1.807) is 0 Å². The van der Waals surface area contributed by atoms with Gasteiger partial charge in [-0.25, -0.2) is 0 Å². The summed E-state index contributed by atoms with van der Waals surface area (Å²) >= 11 is 2.06. The lowest BCUT2D eigenvalue weighted by Gasteiger charge is -2.20. The Morgan fingerprint density at radius 1 is 1.18 bits per heavy atom. The minimum atomic E-state index is 0.361. The van der Waals surface area contributed by atoms with E-state index in [4.69, 9.17) is 5.11 Å². The van der Waals surface area contributed by atoms with E-state index in [1.165, 1.54) is 32.1 Å². The van der Waals surface area contributed by atoms with Crippen molar-refractivity contribution in [2.45, 2.75) is 43.8 Å². The predicted molar refractivity (Wildman–Crippen MR) is 51.0 cm³/mol. The molecule has 0 bridgehead atoms. The Morgan fingerprint density at radius 3 is 2.55 bits per heavy atom. The number of aliphatic hydroxyl groups is 1. The molecule has 0 aliphatic heterocycles. The van der Waals surface area contributed by atoms with Crippen molar-refractivity contribution in [3.8, 4) is 0 Å². The van der Waals surface area contributed by atoms with E-state index in [1.807, 2.05) is 0 Å². The Hall–Kier alpha value is 0.310. The normalized spacial score (nSPS) is 20.5. The van der Waals surface area contributed by atoms with Gasteiger partial charge in [0.15, 0.2) is 0 Å². The molecule has 0 radical (unpaired) electrons. The SMILES string of the molecule is OCCCSC1CCCCC1. The zero-order chi connectivity index (χ0) is 7.94. The summed E-state index contributed by atoms with van der Waals surface area (Å²) < 4.78 is 0. The molecular weight excluding hydrogens is 156 g/mol. The maximum Gasteiger partial charge on any atom is 0.0438 e. The smallest absolute Gasteiger partial charge is 0.0438 e. The maximum atomic E-state index is 8.58. The van der Waals surface area contributed by atoms with E-state index >= 15 is 0 Å². The van der Waals surface area contributed by atoms with Crippen LogP contribution < -0.4 is 0 Å². The lowest BCUT2D eigenvalue weighted by molar-refractivity contribution is 0.296. The molecule has 0 heterocycles. The van der Waals surface area contributed by atoms with Crippen molar-refractivity contribution in [2.75, 3.05) is 12.4 Å². The Bertz CT molecular complexity index is 89.6. The standard InChI is InChI=1S/C9H18OS/c10-7-4-8-11-9-5-2-1-3-6-9/h9-10H,1-8H2. The molecule has 66 valence electrons. The lowest BCUT2D eigenvalue weighted by atomic mass is 10.0. The number of hydrogen-bond donors (Lipinski definition) is 1. The average molecular weight is 174 g/mol. The summed E-state index contributed by atoms with van der Waals surface area (Å²) in [6.45, 7) is 0.361. The van der Waals surface area contributed by atoms with Crippen LogP contribution in [0.15, 0.2) is 0 Å². The molecule has 1 aliphatic rings. The van der Waals surface area contributed by atoms with Gasteiger partial charge in [0.25, 0.3) is 0 Å². The van der Waals surface area contributed by atoms with Gasteiger partial charge < -0.3 is 5.11 Å². The van der Waals surface area contributed by atoms with Gasteiger partial charge in [0.05, 0.1) is 0 Å². The third-order valence-electron chi connectivity index (χ3n) is 2.21. The van der Waals surface area contributed by atoms with Gasteiger partial charge in [0.2, 0.25) is 0 Å². The summed E-state index contributed by atoms with van der Waals surface area (Å²) in [5, 5.41) is 9.49. The van der Waals surface area contributed by atoms with E-state index in [0.717, 1.165) is 17.4 Å². The van der Waals surface area contributed by atoms with Crippen LogP contribution >= 0.6 is 11.8 Å². The highest BCUT2D eigenvalue weighted by Gasteiger charge is 2.12. The minimum absolute atomic E-state index is 0.361. The van der Waals surface area contributed by atoms with E-state index in [2.05, 4.69) is 11.8 Å². The molecule has 0 spiro atoms. The molecule has 1 aliphatic carbocycles. The molecule has 2 heteroatoms. The molecule has 0 saturated heterocycles. The van der Waals surface area contributed by atoms with Gasteiger partial charge in [0.1, 0.15) is 0 Å². The first-order valence-electron chi connectivity index (χ1n) is 4.66. The van der Waals surface area contributed by atoms with Crippen LogP contribution in [0.5, 0.6) is 0 Å². The fourth-order valence-corrected chi connectivity index (χ4v) is 2.84. The second-order valence-electron chi connectivity index (χ2n) is 3.21. The molecule has 0 amide bonds. The van der Waals surface area contributed by atoms with Crippen molar-refractivity contribution < 1.29 is 5.11 Å². The van der Waals surface area contributed by atoms with Crippen molar-refractivity contribution in [3.63, 3.8) is 0 Å². The molecule has 0 atom stereocenters. The van der Waals surface area contributed by atoms with Crippen LogP contribution in [0.1, 0.15) is 38.5 Å². The Balaban J connectivity index is 1.96. The topological polar surface area (TPSA) is 20.2 Å². The van der Waals surface area contributed by atoms with Gasteiger partial charge in [-0.15, -0.1) is 0 Å². The molecule has 1 fully saturated rings. The van der Waals surface area contributed by atoms with Crippen molar-refractivity contribution in [1.82, 2.24) is 0 Å². The van der Waals surface area contributed by atoms with E-state index in [9.17, 15) is 0 Å². The molecule has 1 N–H and O–H groups in total. The van der Waals surface area contributed by atoms with E-state index in [0.29, 0.717) is 6.61 Å². The lowest BCUT2D eigenvalue weighted by Crippen LogP contribution is -2.08. The summed E-state index contributed by atoms with van der Waals surface area (Å²) in [6.07, 6.45) is 8.10. The summed E-state index contributed by atoms with van der Waals surface area (Å²) in [5.41, 5.74) is 0. The van der Waals surface area contributed by atoms with Crippen molar-refractivity contribution in [2.24, 2.45) is 0 Å². The molecule has 1 nitrogen and oxygen atoms in total. The molecular formula is C9H18OS. The third-order valence-corrected chi connectivity index (χ3v) is 3.68. The fourth-order valence-electron chi connectivity index (χ4n) is 1.55. The average Bonchev–Trinajstić information content (AvgIpc) is 2.07. The zero-order valence-electron chi connectivity index (χ0n) is 7.09. The minimum Gasteiger partial charge on any atom is -0.396 e. The number of hydrogen-bond acceptors (Lipinski definition) is 2. The van der Waals surface area contributed by atoms with Gasteiger partial charge in [-0.05, 0) is 25.0 Å². The Kier molecular flexibility index (Phi) is 5.04. The summed E-state index contributed by atoms with van der Waals surface area (Å²) in [6, 6.07) is 0. The fraction of sp³-hybridized carbons (Fsp3) is 1.00. The monoisotopic (exact) mass is 174 g/mol. The summed E-state index contributed by atoms with van der Waals surface area (Å²) in [4.78, 5) is 0. The highest BCUT2D eigenvalue weighted by Crippen LogP contribution is 2.28. The third kappa shape index (κ3) is 4.02. The van der Waals surface area contributed by atoms with Crippen LogP contribution in [0.2, 0.25) is 0 Å². The molecule has 1 rings (SSSR count). The molecule has 0 aromatic heterocycles. The first-order valence-corrected chi connectivity index (χ1v) is 5.71. The Morgan fingerprint density at radius 2 is 1.91 bits per heavy atom. The van der Waals surface area contributed by atoms with Crippen LogP contribution in [-0.2, 0) is 0 Å². The van der Waals surface area contributed by atoms with Crippen LogP contribution in [0.3, 0.4) is 0 Å². The van der Waals surface area contributed by atoms with Crippen molar-refractivity contribution in [3.05, 3.63) is 0 Å². The number of aliphatic hydroxyl groups excluding tert-OH is 1. The summed E-state index contributed by atoms with van der Waals surface area (Å²) in [5.74, 6) is 1.15. The predicted octanol–water partition coefficient (Wildman–Crippen LogP) is 2.43. The van der Waals surface area contributed by atoms with Gasteiger partial charge in [-0.1, -0.05) is 19.3 Å². The number of rotatable bonds is 4. The maximum absolute atomic E-state index is 8.58. The zero-order valence-corrected chi connectivity index (χ0v) is 7.91. The van der Waals surface area contributed by atoms with Gasteiger partial charge in [-0.3, -0.25) is 0 Å². The largest absolute Gasteiger partial charge is 0.396 e. The van der Waals surface area contributed by atoms with Crippen molar-refractivity contribution >= 4 is 11.8 Å².